The summed E-state index contributed by atoms with van der Waals surface area (Å²) in [5, 5.41) is 12.6. The zero-order chi connectivity index (χ0) is 12.6. The van der Waals surface area contributed by atoms with E-state index in [1.807, 2.05) is 13.0 Å². The summed E-state index contributed by atoms with van der Waals surface area (Å²) >= 11 is 1.57. The third-order valence-electron chi connectivity index (χ3n) is 3.72. The summed E-state index contributed by atoms with van der Waals surface area (Å²) in [5.74, 6) is 0. The van der Waals surface area contributed by atoms with E-state index < -0.39 is 5.60 Å². The fraction of sp³-hybridized carbons (Fsp3) is 0.500. The third-order valence-corrected chi connectivity index (χ3v) is 4.65. The monoisotopic (exact) mass is 262 g/mol. The van der Waals surface area contributed by atoms with E-state index in [2.05, 4.69) is 27.5 Å². The zero-order valence-corrected chi connectivity index (χ0v) is 11.4. The molecule has 1 aromatic carbocycles. The molecule has 1 fully saturated rings. The number of nitrogens with zero attached hydrogens (tertiary/aromatic N) is 2. The molecule has 0 saturated carbocycles. The fourth-order valence-corrected chi connectivity index (χ4v) is 3.48. The number of hydrogen-bond acceptors (Lipinski definition) is 4. The first-order chi connectivity index (χ1) is 8.66. The molecule has 2 aromatic rings. The maximum absolute atomic E-state index is 10.1. The highest BCUT2D eigenvalue weighted by molar-refractivity contribution is 7.11. The first-order valence-corrected chi connectivity index (χ1v) is 7.25. The van der Waals surface area contributed by atoms with Gasteiger partial charge in [-0.2, -0.15) is 4.37 Å². The van der Waals surface area contributed by atoms with Crippen LogP contribution in [0.5, 0.6) is 0 Å². The topological polar surface area (TPSA) is 36.4 Å². The van der Waals surface area contributed by atoms with Crippen LogP contribution in [0.2, 0.25) is 0 Å². The van der Waals surface area contributed by atoms with Crippen molar-refractivity contribution in [2.45, 2.75) is 31.8 Å². The van der Waals surface area contributed by atoms with Gasteiger partial charge in [0.2, 0.25) is 0 Å². The summed E-state index contributed by atoms with van der Waals surface area (Å²) in [6.07, 6.45) is 2.76. The van der Waals surface area contributed by atoms with Crippen LogP contribution >= 0.6 is 11.5 Å². The fourth-order valence-electron chi connectivity index (χ4n) is 2.57. The van der Waals surface area contributed by atoms with Gasteiger partial charge in [-0.1, -0.05) is 12.1 Å². The van der Waals surface area contributed by atoms with Crippen molar-refractivity contribution in [2.75, 3.05) is 18.0 Å². The van der Waals surface area contributed by atoms with Crippen LogP contribution in [0.3, 0.4) is 0 Å². The van der Waals surface area contributed by atoms with Crippen LogP contribution < -0.4 is 4.90 Å². The number of benzene rings is 1. The molecule has 1 saturated heterocycles. The predicted molar refractivity (Wildman–Crippen MR) is 76.3 cm³/mol. The van der Waals surface area contributed by atoms with Gasteiger partial charge in [-0.05, 0) is 49.9 Å². The van der Waals surface area contributed by atoms with Crippen molar-refractivity contribution < 1.29 is 5.11 Å². The minimum absolute atomic E-state index is 0.505. The molecule has 1 aromatic heterocycles. The van der Waals surface area contributed by atoms with Crippen LogP contribution in [0.15, 0.2) is 24.3 Å². The number of fused-ring (bicyclic) bond motifs is 1. The molecule has 0 aliphatic carbocycles. The maximum Gasteiger partial charge on any atom is 0.119 e. The lowest BCUT2D eigenvalue weighted by atomic mass is 9.98. The molecule has 0 bridgehead atoms. The van der Waals surface area contributed by atoms with E-state index in [0.29, 0.717) is 0 Å². The van der Waals surface area contributed by atoms with Gasteiger partial charge < -0.3 is 10.0 Å². The predicted octanol–water partition coefficient (Wildman–Crippen LogP) is 3.04. The summed E-state index contributed by atoms with van der Waals surface area (Å²) in [7, 11) is 0. The van der Waals surface area contributed by atoms with Crippen LogP contribution in [-0.2, 0) is 0 Å². The van der Waals surface area contributed by atoms with Crippen molar-refractivity contribution in [2.24, 2.45) is 0 Å². The number of aromatic nitrogens is 1. The van der Waals surface area contributed by atoms with Crippen LogP contribution in [-0.4, -0.2) is 28.2 Å². The molecule has 1 unspecified atom stereocenters. The molecule has 2 heterocycles. The summed E-state index contributed by atoms with van der Waals surface area (Å²) in [6, 6.07) is 8.29. The lowest BCUT2D eigenvalue weighted by Gasteiger charge is -2.22. The second-order valence-corrected chi connectivity index (χ2v) is 6.09. The molecule has 0 radical (unpaired) electrons. The van der Waals surface area contributed by atoms with Crippen LogP contribution in [0, 0.1) is 0 Å². The molecule has 18 heavy (non-hydrogen) atoms. The molecule has 0 amide bonds. The first-order valence-electron chi connectivity index (χ1n) is 6.47. The second-order valence-electron chi connectivity index (χ2n) is 5.34. The highest BCUT2D eigenvalue weighted by Gasteiger charge is 2.26. The van der Waals surface area contributed by atoms with Crippen LogP contribution in [0.4, 0.5) is 5.00 Å². The Labute approximate surface area is 111 Å². The van der Waals surface area contributed by atoms with E-state index in [1.165, 1.54) is 10.4 Å². The highest BCUT2D eigenvalue weighted by Crippen LogP contribution is 2.33. The average Bonchev–Trinajstić information content (AvgIpc) is 2.69. The molecule has 0 spiro atoms. The Balaban J connectivity index is 1.90. The van der Waals surface area contributed by atoms with Gasteiger partial charge >= 0.3 is 0 Å². The van der Waals surface area contributed by atoms with Gasteiger partial charge in [-0.25, -0.2) is 0 Å². The van der Waals surface area contributed by atoms with E-state index in [-0.39, 0.29) is 0 Å². The Bertz CT molecular complexity index is 549. The van der Waals surface area contributed by atoms with Crippen molar-refractivity contribution in [3.8, 4) is 0 Å². The Morgan fingerprint density at radius 3 is 3.00 bits per heavy atom. The van der Waals surface area contributed by atoms with Gasteiger partial charge in [0, 0.05) is 18.5 Å². The van der Waals surface area contributed by atoms with Crippen LogP contribution in [0.1, 0.15) is 26.2 Å². The lowest BCUT2D eigenvalue weighted by Crippen LogP contribution is -2.27. The van der Waals surface area contributed by atoms with Crippen molar-refractivity contribution in [1.29, 1.82) is 0 Å². The Hall–Kier alpha value is -1.13. The first kappa shape index (κ1) is 11.9. The van der Waals surface area contributed by atoms with Gasteiger partial charge in [0.25, 0.3) is 0 Å². The third kappa shape index (κ3) is 2.22. The minimum Gasteiger partial charge on any atom is -0.390 e. The number of anilines is 1. The van der Waals surface area contributed by atoms with Crippen molar-refractivity contribution in [1.82, 2.24) is 4.37 Å². The van der Waals surface area contributed by atoms with Crippen molar-refractivity contribution >= 4 is 27.4 Å². The molecular weight excluding hydrogens is 244 g/mol. The molecule has 1 aliphatic heterocycles. The lowest BCUT2D eigenvalue weighted by molar-refractivity contribution is 0.0481. The van der Waals surface area contributed by atoms with E-state index in [9.17, 15) is 5.11 Å². The molecule has 96 valence electrons. The molecule has 1 N–H and O–H groups in total. The smallest absolute Gasteiger partial charge is 0.119 e. The Morgan fingerprint density at radius 2 is 2.11 bits per heavy atom. The maximum atomic E-state index is 10.1. The van der Waals surface area contributed by atoms with Gasteiger partial charge in [-0.3, -0.25) is 0 Å². The molecule has 3 nitrogen and oxygen atoms in total. The molecule has 1 atom stereocenters. The van der Waals surface area contributed by atoms with Gasteiger partial charge in [0.15, 0.2) is 0 Å². The Kier molecular flexibility index (Phi) is 2.99. The molecule has 4 heteroatoms. The van der Waals surface area contributed by atoms with E-state index in [0.717, 1.165) is 37.9 Å². The molecular formula is C14H18N2OS. The SMILES string of the molecule is CC1(O)CCCN(c2snc3ccccc23)CC1. The second kappa shape index (κ2) is 4.52. The standard InChI is InChI=1S/C14H18N2OS/c1-14(17)7-4-9-16(10-8-14)13-11-5-2-3-6-12(11)15-18-13/h2-3,5-6,17H,4,7-10H2,1H3. The van der Waals surface area contributed by atoms with Crippen molar-refractivity contribution in [3.05, 3.63) is 24.3 Å². The quantitative estimate of drug-likeness (QED) is 0.858. The molecule has 3 rings (SSSR count). The average molecular weight is 262 g/mol. The number of aliphatic hydroxyl groups is 1. The van der Waals surface area contributed by atoms with E-state index in [4.69, 9.17) is 0 Å². The summed E-state index contributed by atoms with van der Waals surface area (Å²) in [6.45, 7) is 3.88. The van der Waals surface area contributed by atoms with Crippen molar-refractivity contribution in [3.63, 3.8) is 0 Å². The summed E-state index contributed by atoms with van der Waals surface area (Å²) < 4.78 is 4.50. The van der Waals surface area contributed by atoms with Gasteiger partial charge in [0.1, 0.15) is 5.00 Å². The van der Waals surface area contributed by atoms with Crippen LogP contribution in [0.25, 0.3) is 10.9 Å². The van der Waals surface area contributed by atoms with Gasteiger partial charge in [0.05, 0.1) is 11.1 Å². The largest absolute Gasteiger partial charge is 0.390 e. The summed E-state index contributed by atoms with van der Waals surface area (Å²) in [4.78, 5) is 2.38. The highest BCUT2D eigenvalue weighted by atomic mass is 32.1. The minimum atomic E-state index is -0.505. The van der Waals surface area contributed by atoms with Gasteiger partial charge in [-0.15, -0.1) is 0 Å². The number of rotatable bonds is 1. The van der Waals surface area contributed by atoms with E-state index in [1.54, 1.807) is 11.5 Å². The summed E-state index contributed by atoms with van der Waals surface area (Å²) in [5.41, 5.74) is 0.573. The zero-order valence-electron chi connectivity index (χ0n) is 10.6. The Morgan fingerprint density at radius 1 is 1.28 bits per heavy atom. The molecule has 1 aliphatic rings. The van der Waals surface area contributed by atoms with E-state index >= 15 is 0 Å². The number of hydrogen-bond donors (Lipinski definition) is 1. The normalized spacial score (nSPS) is 25.3.